The third kappa shape index (κ3) is 4.64. The lowest BCUT2D eigenvalue weighted by molar-refractivity contribution is -0.394. The molecule has 0 saturated heterocycles. The molecule has 202 valence electrons. The van der Waals surface area contributed by atoms with Gasteiger partial charge in [-0.2, -0.15) is 0 Å². The van der Waals surface area contributed by atoms with E-state index in [0.29, 0.717) is 11.0 Å². The van der Waals surface area contributed by atoms with Gasteiger partial charge in [0, 0.05) is 25.2 Å². The molecule has 3 N–H and O–H groups in total. The summed E-state index contributed by atoms with van der Waals surface area (Å²) < 4.78 is 28.6. The van der Waals surface area contributed by atoms with Crippen molar-refractivity contribution in [2.24, 2.45) is 0 Å². The molecular weight excluding hydrogens is 542 g/mol. The number of fused-ring (bicyclic) bond motifs is 2. The van der Waals surface area contributed by atoms with Gasteiger partial charge in [0.15, 0.2) is 5.65 Å². The quantitative estimate of drug-likeness (QED) is 0.209. The zero-order chi connectivity index (χ0) is 28.6. The first kappa shape index (κ1) is 26.2. The van der Waals surface area contributed by atoms with E-state index in [1.165, 1.54) is 16.7 Å². The molecule has 3 aromatic carbocycles. The van der Waals surface area contributed by atoms with Crippen LogP contribution >= 0.6 is 0 Å². The van der Waals surface area contributed by atoms with Crippen LogP contribution in [0.2, 0.25) is 0 Å². The molecule has 0 bridgehead atoms. The summed E-state index contributed by atoms with van der Waals surface area (Å²) in [6.45, 7) is -0.176. The number of hydrogen-bond acceptors (Lipinski definition) is 10. The van der Waals surface area contributed by atoms with Crippen LogP contribution < -0.4 is 11.1 Å². The maximum Gasteiger partial charge on any atom is 0.277 e. The number of carbonyl (C=O) groups is 1. The summed E-state index contributed by atoms with van der Waals surface area (Å²) in [7, 11) is -4.12. The molecule has 14 nitrogen and oxygen atoms in total. The highest BCUT2D eigenvalue weighted by Crippen LogP contribution is 2.35. The van der Waals surface area contributed by atoms with E-state index in [2.05, 4.69) is 15.3 Å². The number of amides is 1. The van der Waals surface area contributed by atoms with Crippen LogP contribution in [0.3, 0.4) is 0 Å². The van der Waals surface area contributed by atoms with Crippen LogP contribution in [0.1, 0.15) is 10.4 Å². The van der Waals surface area contributed by atoms with E-state index in [-0.39, 0.29) is 45.4 Å². The van der Waals surface area contributed by atoms with Gasteiger partial charge in [0.05, 0.1) is 37.4 Å². The fraction of sp³-hybridized carbons (Fsp3) is 0.0800. The lowest BCUT2D eigenvalue weighted by atomic mass is 10.1. The molecule has 5 aromatic rings. The molecule has 0 aliphatic rings. The number of sulfone groups is 1. The van der Waals surface area contributed by atoms with Crippen molar-refractivity contribution in [3.8, 4) is 0 Å². The van der Waals surface area contributed by atoms with Crippen molar-refractivity contribution in [3.63, 3.8) is 0 Å². The highest BCUT2D eigenvalue weighted by molar-refractivity contribution is 7.92. The van der Waals surface area contributed by atoms with Crippen molar-refractivity contribution in [2.75, 3.05) is 12.3 Å². The minimum absolute atomic E-state index is 0.0104. The number of para-hydroxylation sites is 2. The summed E-state index contributed by atoms with van der Waals surface area (Å²) in [5.74, 6) is -0.954. The first-order valence-corrected chi connectivity index (χ1v) is 13.1. The summed E-state index contributed by atoms with van der Waals surface area (Å²) >= 11 is 0. The maximum atomic E-state index is 13.6. The number of nitro groups is 2. The van der Waals surface area contributed by atoms with Gasteiger partial charge in [0.25, 0.3) is 17.3 Å². The van der Waals surface area contributed by atoms with Gasteiger partial charge in [-0.25, -0.2) is 18.4 Å². The molecule has 15 heteroatoms. The molecule has 2 heterocycles. The summed E-state index contributed by atoms with van der Waals surface area (Å²) in [5.41, 5.74) is 6.04. The van der Waals surface area contributed by atoms with Crippen LogP contribution in [0, 0.1) is 20.2 Å². The van der Waals surface area contributed by atoms with Gasteiger partial charge in [0.1, 0.15) is 16.2 Å². The molecule has 0 aliphatic carbocycles. The number of nitrogens with one attached hydrogen (secondary N) is 1. The number of anilines is 1. The third-order valence-corrected chi connectivity index (χ3v) is 7.91. The molecule has 0 spiro atoms. The minimum atomic E-state index is -4.12. The average Bonchev–Trinajstić information content (AvgIpc) is 3.22. The summed E-state index contributed by atoms with van der Waals surface area (Å²) in [6, 6.07) is 17.2. The predicted molar refractivity (Wildman–Crippen MR) is 143 cm³/mol. The summed E-state index contributed by atoms with van der Waals surface area (Å²) in [5, 5.41) is 24.9. The molecule has 2 aromatic heterocycles. The Kier molecular flexibility index (Phi) is 6.56. The second kappa shape index (κ2) is 10.0. The van der Waals surface area contributed by atoms with Crippen LogP contribution in [0.4, 0.5) is 17.2 Å². The standard InChI is InChI=1S/C25H19N7O7S/c26-23-22(40(38,39)18-6-2-1-3-7-18)21-24(29-20-9-5-4-8-19(20)28-21)30(23)11-10-27-25(33)15-12-16(31(34)35)14-17(13-15)32(36)37/h1-9,12-14H,10-11,26H2,(H,27,33). The highest BCUT2D eigenvalue weighted by Gasteiger charge is 2.30. The Bertz CT molecular complexity index is 1910. The van der Waals surface area contributed by atoms with Crippen molar-refractivity contribution < 1.29 is 23.1 Å². The number of nitrogens with zero attached hydrogens (tertiary/aromatic N) is 5. The fourth-order valence-electron chi connectivity index (χ4n) is 4.22. The normalized spacial score (nSPS) is 11.5. The molecule has 0 radical (unpaired) electrons. The topological polar surface area (TPSA) is 206 Å². The molecule has 40 heavy (non-hydrogen) atoms. The number of carbonyl (C=O) groups excluding carboxylic acids is 1. The Morgan fingerprint density at radius 3 is 2.08 bits per heavy atom. The largest absolute Gasteiger partial charge is 0.384 e. The molecule has 1 amide bonds. The molecular formula is C25H19N7O7S. The third-order valence-electron chi connectivity index (χ3n) is 6.08. The van der Waals surface area contributed by atoms with Crippen LogP contribution in [-0.4, -0.2) is 45.3 Å². The number of non-ortho nitro benzene ring substituents is 2. The van der Waals surface area contributed by atoms with Gasteiger partial charge in [-0.15, -0.1) is 0 Å². The SMILES string of the molecule is Nc1c(S(=O)(=O)c2ccccc2)c2nc3ccccc3nc2n1CCNC(=O)c1cc([N+](=O)[O-])cc([N+](=O)[O-])c1. The Morgan fingerprint density at radius 1 is 0.900 bits per heavy atom. The molecule has 0 unspecified atom stereocenters. The lowest BCUT2D eigenvalue weighted by Gasteiger charge is -2.10. The number of nitro benzene ring substituents is 2. The van der Waals surface area contributed by atoms with E-state index in [1.807, 2.05) is 0 Å². The van der Waals surface area contributed by atoms with Gasteiger partial charge >= 0.3 is 0 Å². The Labute approximate surface area is 225 Å². The van der Waals surface area contributed by atoms with Crippen molar-refractivity contribution in [2.45, 2.75) is 16.3 Å². The van der Waals surface area contributed by atoms with Gasteiger partial charge < -0.3 is 15.6 Å². The Morgan fingerprint density at radius 2 is 1.48 bits per heavy atom. The molecule has 0 aliphatic heterocycles. The first-order chi connectivity index (χ1) is 19.1. The molecule has 0 atom stereocenters. The zero-order valence-electron chi connectivity index (χ0n) is 20.4. The number of rotatable bonds is 8. The minimum Gasteiger partial charge on any atom is -0.384 e. The van der Waals surface area contributed by atoms with Crippen molar-refractivity contribution in [3.05, 3.63) is 98.6 Å². The predicted octanol–water partition coefficient (Wildman–Crippen LogP) is 3.25. The molecule has 0 saturated carbocycles. The van der Waals surface area contributed by atoms with Crippen molar-refractivity contribution >= 4 is 55.1 Å². The van der Waals surface area contributed by atoms with Gasteiger partial charge in [-0.05, 0) is 24.3 Å². The van der Waals surface area contributed by atoms with Gasteiger partial charge in [0.2, 0.25) is 9.84 Å². The van der Waals surface area contributed by atoms with E-state index in [1.54, 1.807) is 42.5 Å². The van der Waals surface area contributed by atoms with E-state index < -0.39 is 37.0 Å². The van der Waals surface area contributed by atoms with Crippen LogP contribution in [-0.2, 0) is 16.4 Å². The van der Waals surface area contributed by atoms with E-state index in [0.717, 1.165) is 18.2 Å². The van der Waals surface area contributed by atoms with E-state index in [4.69, 9.17) is 5.73 Å². The second-order valence-corrected chi connectivity index (χ2v) is 10.5. The smallest absolute Gasteiger partial charge is 0.277 e. The van der Waals surface area contributed by atoms with Crippen LogP contribution in [0.5, 0.6) is 0 Å². The van der Waals surface area contributed by atoms with Gasteiger partial charge in [-0.3, -0.25) is 25.0 Å². The van der Waals surface area contributed by atoms with Gasteiger partial charge in [-0.1, -0.05) is 30.3 Å². The second-order valence-electron chi connectivity index (χ2n) is 8.58. The van der Waals surface area contributed by atoms with Crippen LogP contribution in [0.25, 0.3) is 22.2 Å². The Balaban J connectivity index is 1.53. The van der Waals surface area contributed by atoms with Crippen LogP contribution in [0.15, 0.2) is 82.6 Å². The first-order valence-electron chi connectivity index (χ1n) is 11.6. The number of aromatic nitrogens is 3. The van der Waals surface area contributed by atoms with Crippen molar-refractivity contribution in [1.82, 2.24) is 19.9 Å². The number of nitrogen functional groups attached to an aromatic ring is 1. The maximum absolute atomic E-state index is 13.6. The molecule has 0 fully saturated rings. The van der Waals surface area contributed by atoms with E-state index >= 15 is 0 Å². The number of benzene rings is 3. The zero-order valence-corrected chi connectivity index (χ0v) is 21.2. The van der Waals surface area contributed by atoms with E-state index in [9.17, 15) is 33.4 Å². The Hall–Kier alpha value is -5.44. The average molecular weight is 562 g/mol. The highest BCUT2D eigenvalue weighted by atomic mass is 32.2. The number of hydrogen-bond donors (Lipinski definition) is 2. The lowest BCUT2D eigenvalue weighted by Crippen LogP contribution is -2.27. The summed E-state index contributed by atoms with van der Waals surface area (Å²) in [4.78, 5) is 42.3. The fourth-order valence-corrected chi connectivity index (χ4v) is 5.75. The summed E-state index contributed by atoms with van der Waals surface area (Å²) in [6.07, 6.45) is 0. The monoisotopic (exact) mass is 561 g/mol. The molecule has 5 rings (SSSR count). The number of nitrogens with two attached hydrogens (primary N) is 1. The van der Waals surface area contributed by atoms with Crippen molar-refractivity contribution in [1.29, 1.82) is 0 Å².